The monoisotopic (exact) mass is 371 g/mol. The molecule has 0 radical (unpaired) electrons. The molecule has 9 heteroatoms. The highest BCUT2D eigenvalue weighted by Gasteiger charge is 2.27. The van der Waals surface area contributed by atoms with Gasteiger partial charge in [-0.25, -0.2) is 8.42 Å². The predicted octanol–water partition coefficient (Wildman–Crippen LogP) is 0.320. The molecule has 1 amide bonds. The van der Waals surface area contributed by atoms with E-state index in [0.717, 1.165) is 6.42 Å². The second kappa shape index (κ2) is 8.03. The molecule has 1 aromatic carbocycles. The lowest BCUT2D eigenvalue weighted by molar-refractivity contribution is -0.132. The Kier molecular flexibility index (Phi) is 6.26. The van der Waals surface area contributed by atoms with Gasteiger partial charge < -0.3 is 20.1 Å². The topological polar surface area (TPSA) is 111 Å². The molecule has 2 rings (SSSR count). The number of nitrogens with two attached hydrogens (primary N) is 1. The molecular formula is C16H25N3O5S. The molecule has 0 aliphatic carbocycles. The Labute approximate surface area is 148 Å². The quantitative estimate of drug-likeness (QED) is 0.745. The Balaban J connectivity index is 2.16. The number of carbonyl (C=O) groups excluding carboxylic acids is 1. The fraction of sp³-hybridized carbons (Fsp3) is 0.562. The van der Waals surface area contributed by atoms with Crippen molar-refractivity contribution >= 4 is 15.9 Å². The normalized spacial score (nSPS) is 16.6. The summed E-state index contributed by atoms with van der Waals surface area (Å²) in [5.41, 5.74) is 5.55. The molecular weight excluding hydrogens is 346 g/mol. The summed E-state index contributed by atoms with van der Waals surface area (Å²) in [5.74, 6) is 0.543. The molecule has 1 aliphatic heterocycles. The molecule has 0 fully saturated rings. The van der Waals surface area contributed by atoms with Gasteiger partial charge in [0, 0.05) is 32.1 Å². The van der Waals surface area contributed by atoms with Crippen molar-refractivity contribution in [2.45, 2.75) is 37.2 Å². The number of hydrogen-bond donors (Lipinski definition) is 2. The first-order valence-electron chi connectivity index (χ1n) is 8.15. The number of rotatable bonds is 6. The lowest BCUT2D eigenvalue weighted by Gasteiger charge is -2.27. The zero-order chi connectivity index (χ0) is 18.6. The largest absolute Gasteiger partial charge is 0.490 e. The fourth-order valence-corrected chi connectivity index (χ4v) is 3.55. The van der Waals surface area contributed by atoms with E-state index < -0.39 is 16.1 Å². The molecule has 3 N–H and O–H groups in total. The molecule has 1 aromatic rings. The Morgan fingerprint density at radius 2 is 1.92 bits per heavy atom. The number of ether oxygens (including phenoxy) is 2. The maximum atomic E-state index is 12.6. The number of amides is 1. The molecule has 2 unspecified atom stereocenters. The van der Waals surface area contributed by atoms with E-state index in [-0.39, 0.29) is 16.8 Å². The van der Waals surface area contributed by atoms with Crippen LogP contribution in [0.15, 0.2) is 23.1 Å². The van der Waals surface area contributed by atoms with Crippen molar-refractivity contribution in [2.75, 3.05) is 26.8 Å². The van der Waals surface area contributed by atoms with Gasteiger partial charge in [-0.1, -0.05) is 0 Å². The van der Waals surface area contributed by atoms with Crippen molar-refractivity contribution in [1.29, 1.82) is 0 Å². The summed E-state index contributed by atoms with van der Waals surface area (Å²) in [4.78, 5) is 13.8. The van der Waals surface area contributed by atoms with Gasteiger partial charge in [-0.15, -0.1) is 0 Å². The Hall–Kier alpha value is -1.84. The highest BCUT2D eigenvalue weighted by molar-refractivity contribution is 7.89. The first kappa shape index (κ1) is 19.5. The molecule has 25 heavy (non-hydrogen) atoms. The molecule has 0 bridgehead atoms. The van der Waals surface area contributed by atoms with E-state index >= 15 is 0 Å². The van der Waals surface area contributed by atoms with Crippen LogP contribution >= 0.6 is 0 Å². The van der Waals surface area contributed by atoms with Crippen LogP contribution in [-0.2, 0) is 14.8 Å². The van der Waals surface area contributed by atoms with Crippen LogP contribution in [0, 0.1) is 0 Å². The summed E-state index contributed by atoms with van der Waals surface area (Å²) in [5, 5.41) is 0. The van der Waals surface area contributed by atoms with E-state index in [9.17, 15) is 13.2 Å². The third-order valence-corrected chi connectivity index (χ3v) is 5.62. The van der Waals surface area contributed by atoms with Gasteiger partial charge in [0.2, 0.25) is 15.9 Å². The van der Waals surface area contributed by atoms with Crippen molar-refractivity contribution in [3.63, 3.8) is 0 Å². The molecule has 8 nitrogen and oxygen atoms in total. The summed E-state index contributed by atoms with van der Waals surface area (Å²) < 4.78 is 38.6. The molecule has 0 spiro atoms. The van der Waals surface area contributed by atoms with Gasteiger partial charge in [0.05, 0.1) is 24.2 Å². The first-order valence-corrected chi connectivity index (χ1v) is 9.63. The number of nitrogens with one attached hydrogen (secondary N) is 1. The maximum absolute atomic E-state index is 12.6. The van der Waals surface area contributed by atoms with Crippen molar-refractivity contribution in [3.05, 3.63) is 18.2 Å². The van der Waals surface area contributed by atoms with E-state index in [1.165, 1.54) is 24.0 Å². The standard InChI is InChI=1S/C16H25N3O5S/c1-11(10-17)19(3)16(20)12(2)18-25(21,22)13-5-6-14-15(9-13)24-8-4-7-23-14/h5-6,9,11-12,18H,4,7-8,10,17H2,1-3H3. The predicted molar refractivity (Wildman–Crippen MR) is 93.1 cm³/mol. The second-order valence-corrected chi connectivity index (χ2v) is 7.75. The van der Waals surface area contributed by atoms with Crippen LogP contribution in [0.25, 0.3) is 0 Å². The van der Waals surface area contributed by atoms with Gasteiger partial charge in [0.25, 0.3) is 0 Å². The summed E-state index contributed by atoms with van der Waals surface area (Å²) in [6.07, 6.45) is 0.728. The van der Waals surface area contributed by atoms with E-state index in [4.69, 9.17) is 15.2 Å². The van der Waals surface area contributed by atoms with Gasteiger partial charge in [-0.3, -0.25) is 4.79 Å². The number of likely N-dealkylation sites (N-methyl/N-ethyl adjacent to an activating group) is 1. The average Bonchev–Trinajstić information content (AvgIpc) is 2.83. The van der Waals surface area contributed by atoms with E-state index in [0.29, 0.717) is 31.3 Å². The summed E-state index contributed by atoms with van der Waals surface area (Å²) >= 11 is 0. The number of nitrogens with zero attached hydrogens (tertiary/aromatic N) is 1. The number of hydrogen-bond acceptors (Lipinski definition) is 6. The number of benzene rings is 1. The highest BCUT2D eigenvalue weighted by atomic mass is 32.2. The van der Waals surface area contributed by atoms with Crippen molar-refractivity contribution < 1.29 is 22.7 Å². The van der Waals surface area contributed by atoms with Gasteiger partial charge >= 0.3 is 0 Å². The third kappa shape index (κ3) is 4.62. The molecule has 0 aromatic heterocycles. The maximum Gasteiger partial charge on any atom is 0.241 e. The van der Waals surface area contributed by atoms with Crippen LogP contribution in [0.4, 0.5) is 0 Å². The summed E-state index contributed by atoms with van der Waals surface area (Å²) in [6, 6.07) is 3.30. The van der Waals surface area contributed by atoms with Gasteiger partial charge in [-0.05, 0) is 26.0 Å². The van der Waals surface area contributed by atoms with Crippen LogP contribution < -0.4 is 19.9 Å². The Morgan fingerprint density at radius 1 is 1.28 bits per heavy atom. The Morgan fingerprint density at radius 3 is 2.56 bits per heavy atom. The van der Waals surface area contributed by atoms with Crippen LogP contribution in [0.3, 0.4) is 0 Å². The molecule has 140 valence electrons. The molecule has 1 heterocycles. The highest BCUT2D eigenvalue weighted by Crippen LogP contribution is 2.31. The van der Waals surface area contributed by atoms with E-state index in [1.54, 1.807) is 20.0 Å². The number of carbonyl (C=O) groups is 1. The SMILES string of the molecule is CC(NS(=O)(=O)c1ccc2c(c1)OCCCO2)C(=O)N(C)C(C)CN. The molecule has 2 atom stereocenters. The summed E-state index contributed by atoms with van der Waals surface area (Å²) in [6.45, 7) is 4.57. The van der Waals surface area contributed by atoms with Crippen LogP contribution in [0.5, 0.6) is 11.5 Å². The Bertz CT molecular complexity index is 722. The lowest BCUT2D eigenvalue weighted by Crippen LogP contribution is -2.49. The van der Waals surface area contributed by atoms with Gasteiger partial charge in [0.1, 0.15) is 0 Å². The minimum Gasteiger partial charge on any atom is -0.490 e. The van der Waals surface area contributed by atoms with Gasteiger partial charge in [-0.2, -0.15) is 4.72 Å². The second-order valence-electron chi connectivity index (χ2n) is 6.04. The zero-order valence-corrected chi connectivity index (χ0v) is 15.5. The zero-order valence-electron chi connectivity index (χ0n) is 14.7. The van der Waals surface area contributed by atoms with Crippen LogP contribution in [0.2, 0.25) is 0 Å². The van der Waals surface area contributed by atoms with Crippen molar-refractivity contribution in [3.8, 4) is 11.5 Å². The molecule has 0 saturated heterocycles. The summed E-state index contributed by atoms with van der Waals surface area (Å²) in [7, 11) is -2.28. The van der Waals surface area contributed by atoms with Crippen molar-refractivity contribution in [1.82, 2.24) is 9.62 Å². The van der Waals surface area contributed by atoms with Crippen molar-refractivity contribution in [2.24, 2.45) is 5.73 Å². The minimum absolute atomic E-state index is 0.0194. The fourth-order valence-electron chi connectivity index (χ4n) is 2.34. The molecule has 0 saturated carbocycles. The van der Waals surface area contributed by atoms with Gasteiger partial charge in [0.15, 0.2) is 11.5 Å². The molecule has 1 aliphatic rings. The third-order valence-electron chi connectivity index (χ3n) is 4.08. The number of sulfonamides is 1. The first-order chi connectivity index (χ1) is 11.8. The van der Waals surface area contributed by atoms with E-state index in [1.807, 2.05) is 0 Å². The minimum atomic E-state index is -3.88. The van der Waals surface area contributed by atoms with E-state index in [2.05, 4.69) is 4.72 Å². The van der Waals surface area contributed by atoms with Crippen LogP contribution in [-0.4, -0.2) is 58.1 Å². The lowest BCUT2D eigenvalue weighted by atomic mass is 10.2. The van der Waals surface area contributed by atoms with Crippen LogP contribution in [0.1, 0.15) is 20.3 Å². The smallest absolute Gasteiger partial charge is 0.241 e. The number of fused-ring (bicyclic) bond motifs is 1. The average molecular weight is 371 g/mol.